The zero-order valence-corrected chi connectivity index (χ0v) is 17.1. The van der Waals surface area contributed by atoms with Gasteiger partial charge in [-0.1, -0.05) is 35.0 Å². The van der Waals surface area contributed by atoms with Gasteiger partial charge in [-0.2, -0.15) is 0 Å². The molecule has 0 spiro atoms. The van der Waals surface area contributed by atoms with Crippen LogP contribution in [0.4, 0.5) is 0 Å². The van der Waals surface area contributed by atoms with Crippen molar-refractivity contribution in [2.75, 3.05) is 27.6 Å². The normalized spacial score (nSPS) is 17.1. The zero-order valence-electron chi connectivity index (χ0n) is 16.4. The van der Waals surface area contributed by atoms with Gasteiger partial charge >= 0.3 is 0 Å². The summed E-state index contributed by atoms with van der Waals surface area (Å²) in [5.74, 6) is 2.41. The van der Waals surface area contributed by atoms with E-state index >= 15 is 0 Å². The molecule has 7 nitrogen and oxygen atoms in total. The summed E-state index contributed by atoms with van der Waals surface area (Å²) in [5.41, 5.74) is 2.95. The van der Waals surface area contributed by atoms with E-state index in [0.29, 0.717) is 42.5 Å². The van der Waals surface area contributed by atoms with Gasteiger partial charge in [0.2, 0.25) is 18.3 Å². The summed E-state index contributed by atoms with van der Waals surface area (Å²) in [7, 11) is 3.22. The van der Waals surface area contributed by atoms with E-state index in [-0.39, 0.29) is 12.9 Å². The third-order valence-electron chi connectivity index (χ3n) is 4.91. The number of nitrogens with one attached hydrogen (secondary N) is 1. The quantitative estimate of drug-likeness (QED) is 0.706. The number of hydrogen-bond donors (Lipinski definition) is 1. The lowest BCUT2D eigenvalue weighted by atomic mass is 10.0. The minimum Gasteiger partial charge on any atom is -0.493 e. The van der Waals surface area contributed by atoms with Gasteiger partial charge in [-0.25, -0.2) is 0 Å². The summed E-state index contributed by atoms with van der Waals surface area (Å²) in [5, 5.41) is 8.35. The molecular formula is C21H23ClN2O5. The molecule has 1 N–H and O–H groups in total. The Labute approximate surface area is 174 Å². The minimum atomic E-state index is -0.0777. The molecule has 8 heteroatoms. The van der Waals surface area contributed by atoms with E-state index in [2.05, 4.69) is 10.5 Å². The van der Waals surface area contributed by atoms with Gasteiger partial charge in [0.05, 0.1) is 19.9 Å². The summed E-state index contributed by atoms with van der Waals surface area (Å²) >= 11 is 6.19. The van der Waals surface area contributed by atoms with Gasteiger partial charge in [0.25, 0.3) is 0 Å². The van der Waals surface area contributed by atoms with Crippen molar-refractivity contribution < 1.29 is 23.8 Å². The number of methoxy groups -OCH3 is 2. The van der Waals surface area contributed by atoms with Crippen LogP contribution in [0.3, 0.4) is 0 Å². The number of fused-ring (bicyclic) bond motifs is 1. The van der Waals surface area contributed by atoms with Crippen LogP contribution in [0.5, 0.6) is 23.0 Å². The van der Waals surface area contributed by atoms with Crippen molar-refractivity contribution in [3.8, 4) is 23.0 Å². The third-order valence-corrected chi connectivity index (χ3v) is 5.28. The molecule has 0 bridgehead atoms. The molecule has 0 fully saturated rings. The highest BCUT2D eigenvalue weighted by Gasteiger charge is 2.30. The number of benzene rings is 2. The Morgan fingerprint density at radius 2 is 1.93 bits per heavy atom. The molecule has 0 aliphatic carbocycles. The predicted molar refractivity (Wildman–Crippen MR) is 109 cm³/mol. The van der Waals surface area contributed by atoms with Crippen LogP contribution >= 0.6 is 11.6 Å². The SMILES string of the molecule is COc1cc(C[C@@H]2CC(CNCc3ccccc3Cl)=NO2)c(OC)c2c1OCO2. The van der Waals surface area contributed by atoms with E-state index in [9.17, 15) is 0 Å². The fourth-order valence-electron chi connectivity index (χ4n) is 3.52. The highest BCUT2D eigenvalue weighted by Crippen LogP contribution is 2.49. The van der Waals surface area contributed by atoms with Gasteiger partial charge in [-0.3, -0.25) is 0 Å². The number of nitrogens with zero attached hydrogens (tertiary/aromatic N) is 1. The molecule has 2 aromatic rings. The van der Waals surface area contributed by atoms with E-state index in [1.807, 2.05) is 30.3 Å². The second kappa shape index (κ2) is 8.80. The molecule has 1 atom stereocenters. The van der Waals surface area contributed by atoms with Gasteiger partial charge in [0, 0.05) is 36.5 Å². The van der Waals surface area contributed by atoms with E-state index in [4.69, 9.17) is 35.4 Å². The Morgan fingerprint density at radius 1 is 1.10 bits per heavy atom. The van der Waals surface area contributed by atoms with Crippen molar-refractivity contribution in [1.82, 2.24) is 5.32 Å². The average Bonchev–Trinajstić information content (AvgIpc) is 3.38. The Hall–Kier alpha value is -2.64. The average molecular weight is 419 g/mol. The Balaban J connectivity index is 1.36. The van der Waals surface area contributed by atoms with Gasteiger partial charge < -0.3 is 29.1 Å². The highest BCUT2D eigenvalue weighted by atomic mass is 35.5. The Bertz CT molecular complexity index is 918. The van der Waals surface area contributed by atoms with Crippen LogP contribution in [-0.2, 0) is 17.8 Å². The zero-order chi connectivity index (χ0) is 20.2. The molecule has 154 valence electrons. The van der Waals surface area contributed by atoms with Crippen LogP contribution < -0.4 is 24.3 Å². The molecule has 2 aliphatic heterocycles. The van der Waals surface area contributed by atoms with Crippen molar-refractivity contribution in [3.05, 3.63) is 46.5 Å². The maximum absolute atomic E-state index is 6.19. The maximum atomic E-state index is 6.19. The summed E-state index contributed by atoms with van der Waals surface area (Å²) in [6.45, 7) is 1.47. The van der Waals surface area contributed by atoms with Crippen molar-refractivity contribution in [2.24, 2.45) is 5.16 Å². The second-order valence-corrected chi connectivity index (χ2v) is 7.23. The van der Waals surface area contributed by atoms with Gasteiger partial charge in [-0.15, -0.1) is 0 Å². The minimum absolute atomic E-state index is 0.0777. The molecule has 4 rings (SSSR count). The first-order valence-corrected chi connectivity index (χ1v) is 9.76. The highest BCUT2D eigenvalue weighted by molar-refractivity contribution is 6.31. The first-order valence-electron chi connectivity index (χ1n) is 9.38. The largest absolute Gasteiger partial charge is 0.493 e. The number of rotatable bonds is 8. The lowest BCUT2D eigenvalue weighted by Crippen LogP contribution is -2.23. The maximum Gasteiger partial charge on any atom is 0.231 e. The smallest absolute Gasteiger partial charge is 0.231 e. The second-order valence-electron chi connectivity index (χ2n) is 6.82. The van der Waals surface area contributed by atoms with E-state index < -0.39 is 0 Å². The molecule has 2 heterocycles. The third kappa shape index (κ3) is 4.21. The summed E-state index contributed by atoms with van der Waals surface area (Å²) in [4.78, 5) is 5.64. The lowest BCUT2D eigenvalue weighted by Gasteiger charge is -2.15. The van der Waals surface area contributed by atoms with Crippen LogP contribution in [0, 0.1) is 0 Å². The molecule has 29 heavy (non-hydrogen) atoms. The van der Waals surface area contributed by atoms with Crippen molar-refractivity contribution in [1.29, 1.82) is 0 Å². The van der Waals surface area contributed by atoms with Crippen LogP contribution in [0.15, 0.2) is 35.5 Å². The molecule has 0 aromatic heterocycles. The summed E-state index contributed by atoms with van der Waals surface area (Å²) < 4.78 is 22.1. The monoisotopic (exact) mass is 418 g/mol. The number of halogens is 1. The topological polar surface area (TPSA) is 70.5 Å². The standard InChI is InChI=1S/C21H23ClN2O5/c1-25-18-8-14(19(26-2)21-20(18)27-12-28-21)7-16-9-15(24-29-16)11-23-10-13-5-3-4-6-17(13)22/h3-6,8,16,23H,7,9-12H2,1-2H3/t16-/m1/s1. The molecule has 0 unspecified atom stereocenters. The molecule has 0 saturated heterocycles. The Morgan fingerprint density at radius 3 is 2.72 bits per heavy atom. The van der Waals surface area contributed by atoms with E-state index in [1.54, 1.807) is 14.2 Å². The van der Waals surface area contributed by atoms with Crippen molar-refractivity contribution in [3.63, 3.8) is 0 Å². The molecule has 0 amide bonds. The number of oxime groups is 1. The van der Waals surface area contributed by atoms with Crippen molar-refractivity contribution >= 4 is 17.3 Å². The summed E-state index contributed by atoms with van der Waals surface area (Å²) in [6, 6.07) is 9.69. The molecule has 2 aliphatic rings. The molecule has 2 aromatic carbocycles. The van der Waals surface area contributed by atoms with Crippen molar-refractivity contribution in [2.45, 2.75) is 25.5 Å². The lowest BCUT2D eigenvalue weighted by molar-refractivity contribution is 0.0853. The van der Waals surface area contributed by atoms with E-state index in [1.165, 1.54) is 0 Å². The first kappa shape index (κ1) is 19.7. The van der Waals surface area contributed by atoms with Gasteiger partial charge in [0.15, 0.2) is 11.5 Å². The first-order chi connectivity index (χ1) is 14.2. The van der Waals surface area contributed by atoms with Gasteiger partial charge in [-0.05, 0) is 17.7 Å². The predicted octanol–water partition coefficient (Wildman–Crippen LogP) is 3.56. The van der Waals surface area contributed by atoms with Crippen LogP contribution in [0.1, 0.15) is 17.5 Å². The van der Waals surface area contributed by atoms with Crippen LogP contribution in [0.2, 0.25) is 5.02 Å². The van der Waals surface area contributed by atoms with Gasteiger partial charge in [0.1, 0.15) is 6.10 Å². The summed E-state index contributed by atoms with van der Waals surface area (Å²) in [6.07, 6.45) is 1.27. The molecule has 0 radical (unpaired) electrons. The number of ether oxygens (including phenoxy) is 4. The fraction of sp³-hybridized carbons (Fsp3) is 0.381. The number of hydrogen-bond acceptors (Lipinski definition) is 7. The molecule has 0 saturated carbocycles. The molecular weight excluding hydrogens is 396 g/mol. The van der Waals surface area contributed by atoms with Crippen LogP contribution in [-0.4, -0.2) is 39.4 Å². The fourth-order valence-corrected chi connectivity index (χ4v) is 3.72. The Kier molecular flexibility index (Phi) is 5.97. The van der Waals surface area contributed by atoms with Crippen LogP contribution in [0.25, 0.3) is 0 Å². The van der Waals surface area contributed by atoms with E-state index in [0.717, 1.165) is 28.3 Å².